The van der Waals surface area contributed by atoms with Crippen molar-refractivity contribution in [2.45, 2.75) is 0 Å². The van der Waals surface area contributed by atoms with Crippen LogP contribution in [0.3, 0.4) is 0 Å². The van der Waals surface area contributed by atoms with E-state index >= 15 is 0 Å². The van der Waals surface area contributed by atoms with Crippen molar-refractivity contribution in [1.29, 1.82) is 0 Å². The van der Waals surface area contributed by atoms with Gasteiger partial charge >= 0.3 is 0 Å². The Hall–Kier alpha value is -0.290. The third kappa shape index (κ3) is 17.7. The maximum atomic E-state index is 8.52. The molecule has 2 fully saturated rings. The van der Waals surface area contributed by atoms with Crippen molar-refractivity contribution in [3.8, 4) is 0 Å². The van der Waals surface area contributed by atoms with E-state index in [-0.39, 0.29) is 0 Å². The summed E-state index contributed by atoms with van der Waals surface area (Å²) < 4.78 is 44.3. The Morgan fingerprint density at radius 2 is 1.00 bits per heavy atom. The Morgan fingerprint density at radius 1 is 0.789 bits per heavy atom. The summed E-state index contributed by atoms with van der Waals surface area (Å²) in [6.45, 7) is 8.52. The normalized spacial score (nSPS) is 21.7. The highest BCUT2D eigenvalue weighted by molar-refractivity contribution is 7.79. The van der Waals surface area contributed by atoms with E-state index in [0.717, 1.165) is 26.4 Å². The summed E-state index contributed by atoms with van der Waals surface area (Å²) in [5.41, 5.74) is 0. The quantitative estimate of drug-likeness (QED) is 0.346. The predicted octanol–water partition coefficient (Wildman–Crippen LogP) is -4.28. The number of ether oxygens (including phenoxy) is 2. The molecule has 2 saturated heterocycles. The molecule has 0 atom stereocenters. The number of morpholine rings is 2. The lowest BCUT2D eigenvalue weighted by Crippen LogP contribution is -3.11. The average Bonchev–Trinajstić information content (AvgIpc) is 2.29. The van der Waals surface area contributed by atoms with Gasteiger partial charge in [0.05, 0.1) is 40.5 Å². The summed E-state index contributed by atoms with van der Waals surface area (Å²) in [7, 11) is -0.773. The van der Waals surface area contributed by atoms with Gasteiger partial charge in [-0.1, -0.05) is 0 Å². The molecule has 2 N–H and O–H groups in total. The average molecular weight is 300 g/mol. The highest BCUT2D eigenvalue weighted by Gasteiger charge is 2.06. The van der Waals surface area contributed by atoms with Crippen LogP contribution in [0.2, 0.25) is 0 Å². The summed E-state index contributed by atoms with van der Waals surface area (Å²) in [6, 6.07) is 0. The van der Waals surface area contributed by atoms with Gasteiger partial charge in [0, 0.05) is 10.4 Å². The van der Waals surface area contributed by atoms with Gasteiger partial charge in [-0.3, -0.25) is 8.42 Å². The van der Waals surface area contributed by atoms with Crippen molar-refractivity contribution < 1.29 is 36.8 Å². The smallest absolute Gasteiger partial charge is 0.101 e. The zero-order valence-corrected chi connectivity index (χ0v) is 12.3. The van der Waals surface area contributed by atoms with Crippen LogP contribution >= 0.6 is 0 Å². The first kappa shape index (κ1) is 18.7. The van der Waals surface area contributed by atoms with Gasteiger partial charge in [0.2, 0.25) is 0 Å². The van der Waals surface area contributed by atoms with Gasteiger partial charge in [0.1, 0.15) is 26.2 Å². The van der Waals surface area contributed by atoms with Crippen LogP contribution in [0.5, 0.6) is 0 Å². The molecule has 0 aliphatic carbocycles. The minimum Gasteiger partial charge on any atom is -0.759 e. The number of hydrogen-bond donors (Lipinski definition) is 2. The second-order valence-electron chi connectivity index (χ2n) is 4.55. The van der Waals surface area contributed by atoms with Gasteiger partial charge in [-0.2, -0.15) is 0 Å². The first-order valence-electron chi connectivity index (χ1n) is 6.24. The van der Waals surface area contributed by atoms with Crippen LogP contribution in [-0.2, 0) is 19.9 Å². The van der Waals surface area contributed by atoms with Crippen molar-refractivity contribution in [2.24, 2.45) is 0 Å². The molecule has 19 heavy (non-hydrogen) atoms. The summed E-state index contributed by atoms with van der Waals surface area (Å²) in [5.74, 6) is 0. The first-order valence-corrected chi connectivity index (χ1v) is 7.57. The van der Waals surface area contributed by atoms with Crippen molar-refractivity contribution in [3.05, 3.63) is 0 Å². The molecule has 9 heteroatoms. The van der Waals surface area contributed by atoms with Crippen LogP contribution < -0.4 is 9.80 Å². The lowest BCUT2D eigenvalue weighted by Gasteiger charge is -2.18. The molecule has 116 valence electrons. The third-order valence-corrected chi connectivity index (χ3v) is 2.69. The maximum Gasteiger partial charge on any atom is 0.101 e. The van der Waals surface area contributed by atoms with E-state index < -0.39 is 10.4 Å². The molecule has 2 aliphatic heterocycles. The molecule has 2 rings (SSSR count). The van der Waals surface area contributed by atoms with Crippen LogP contribution in [0.4, 0.5) is 0 Å². The van der Waals surface area contributed by atoms with E-state index in [0.29, 0.717) is 0 Å². The summed E-state index contributed by atoms with van der Waals surface area (Å²) in [6.07, 6.45) is 0. The Bertz CT molecular complexity index is 275. The molecule has 2 heterocycles. The van der Waals surface area contributed by atoms with E-state index in [9.17, 15) is 0 Å². The zero-order chi connectivity index (χ0) is 14.7. The predicted molar refractivity (Wildman–Crippen MR) is 65.4 cm³/mol. The van der Waals surface area contributed by atoms with Gasteiger partial charge in [-0.15, -0.1) is 0 Å². The number of hydrogen-bond acceptors (Lipinski definition) is 6. The third-order valence-electron chi connectivity index (χ3n) is 2.69. The van der Waals surface area contributed by atoms with Gasteiger partial charge < -0.3 is 28.4 Å². The minimum atomic E-state index is -5.17. The van der Waals surface area contributed by atoms with E-state index in [4.69, 9.17) is 27.0 Å². The molecule has 0 unspecified atom stereocenters. The largest absolute Gasteiger partial charge is 0.759 e. The van der Waals surface area contributed by atoms with Gasteiger partial charge in [0.25, 0.3) is 0 Å². The molecule has 0 spiro atoms. The van der Waals surface area contributed by atoms with E-state index in [1.54, 1.807) is 9.80 Å². The molecule has 0 aromatic rings. The SMILES string of the molecule is C[NH+]1CCOCC1.C[NH+]1CCOCC1.O=S(=O)([O-])[O-]. The van der Waals surface area contributed by atoms with Gasteiger partial charge in [-0.25, -0.2) is 0 Å². The number of rotatable bonds is 0. The topological polar surface area (TPSA) is 108 Å². The van der Waals surface area contributed by atoms with Crippen LogP contribution in [0.25, 0.3) is 0 Å². The molecule has 0 saturated carbocycles. The molecular formula is C10H24N2O6S. The summed E-state index contributed by atoms with van der Waals surface area (Å²) in [5, 5.41) is 0. The monoisotopic (exact) mass is 300 g/mol. The Labute approximate surface area is 114 Å². The minimum absolute atomic E-state index is 0.950. The molecule has 0 aromatic carbocycles. The Balaban J connectivity index is 0.000000261. The number of nitrogens with one attached hydrogen (secondary N) is 2. The van der Waals surface area contributed by atoms with Crippen LogP contribution in [-0.4, -0.2) is 84.2 Å². The molecular weight excluding hydrogens is 276 g/mol. The molecule has 0 bridgehead atoms. The molecule has 0 aromatic heterocycles. The van der Waals surface area contributed by atoms with Crippen LogP contribution in [0.15, 0.2) is 0 Å². The molecule has 8 nitrogen and oxygen atoms in total. The summed E-state index contributed by atoms with van der Waals surface area (Å²) >= 11 is 0. The second-order valence-corrected chi connectivity index (χ2v) is 5.36. The van der Waals surface area contributed by atoms with Crippen molar-refractivity contribution in [3.63, 3.8) is 0 Å². The lowest BCUT2D eigenvalue weighted by atomic mass is 10.5. The van der Waals surface area contributed by atoms with Crippen molar-refractivity contribution in [1.82, 2.24) is 0 Å². The Morgan fingerprint density at radius 3 is 1.11 bits per heavy atom. The fraction of sp³-hybridized carbons (Fsp3) is 1.00. The van der Waals surface area contributed by atoms with Crippen LogP contribution in [0, 0.1) is 0 Å². The second kappa shape index (κ2) is 10.5. The van der Waals surface area contributed by atoms with Gasteiger partial charge in [0.15, 0.2) is 0 Å². The highest BCUT2D eigenvalue weighted by Crippen LogP contribution is 1.72. The van der Waals surface area contributed by atoms with E-state index in [1.165, 1.54) is 26.2 Å². The standard InChI is InChI=1S/2C5H11NO.H2O4S/c2*1-6-2-4-7-5-3-6;1-5(2,3)4/h2*2-5H2,1H3;(H2,1,2,3,4). The zero-order valence-electron chi connectivity index (χ0n) is 11.5. The molecule has 0 amide bonds. The fourth-order valence-electron chi connectivity index (χ4n) is 1.44. The van der Waals surface area contributed by atoms with Gasteiger partial charge in [-0.05, 0) is 0 Å². The first-order chi connectivity index (χ1) is 8.79. The summed E-state index contributed by atoms with van der Waals surface area (Å²) in [4.78, 5) is 3.18. The lowest BCUT2D eigenvalue weighted by molar-refractivity contribution is -0.888. The highest BCUT2D eigenvalue weighted by atomic mass is 32.3. The van der Waals surface area contributed by atoms with E-state index in [2.05, 4.69) is 14.1 Å². The van der Waals surface area contributed by atoms with Crippen molar-refractivity contribution >= 4 is 10.4 Å². The van der Waals surface area contributed by atoms with Crippen molar-refractivity contribution in [2.75, 3.05) is 66.7 Å². The Kier molecular flexibility index (Phi) is 10.3. The van der Waals surface area contributed by atoms with E-state index in [1.807, 2.05) is 0 Å². The number of quaternary nitrogens is 2. The molecule has 2 aliphatic rings. The molecule has 0 radical (unpaired) electrons. The number of likely N-dealkylation sites (N-methyl/N-ethyl adjacent to an activating group) is 2. The van der Waals surface area contributed by atoms with Crippen LogP contribution in [0.1, 0.15) is 0 Å². The maximum absolute atomic E-state index is 8.52. The fourth-order valence-corrected chi connectivity index (χ4v) is 1.44.